The van der Waals surface area contributed by atoms with Crippen LogP contribution < -0.4 is 15.5 Å². The van der Waals surface area contributed by atoms with Crippen LogP contribution in [0, 0.1) is 0 Å². The number of carboxylic acid groups (broad SMARTS) is 1. The summed E-state index contributed by atoms with van der Waals surface area (Å²) in [5.74, 6) is -2.19. The van der Waals surface area contributed by atoms with Crippen molar-refractivity contribution < 1.29 is 23.9 Å². The number of carboxylic acids is 1. The van der Waals surface area contributed by atoms with Crippen LogP contribution in [0.3, 0.4) is 0 Å². The van der Waals surface area contributed by atoms with E-state index in [4.69, 9.17) is 5.11 Å². The van der Waals surface area contributed by atoms with Crippen LogP contribution in [0.25, 0.3) is 0 Å². The van der Waals surface area contributed by atoms with Crippen molar-refractivity contribution in [1.82, 2.24) is 10.6 Å². The summed E-state index contributed by atoms with van der Waals surface area (Å²) in [7, 11) is 1.47. The zero-order chi connectivity index (χ0) is 15.8. The normalized spacial score (nSPS) is 25.0. The molecule has 0 spiro atoms. The van der Waals surface area contributed by atoms with Gasteiger partial charge in [-0.3, -0.25) is 10.1 Å². The topological polar surface area (TPSA) is 98.7 Å². The Morgan fingerprint density at radius 1 is 1.38 bits per heavy atom. The van der Waals surface area contributed by atoms with Crippen molar-refractivity contribution in [2.75, 3.05) is 11.9 Å². The van der Waals surface area contributed by atoms with E-state index in [1.54, 1.807) is 0 Å². The molecular formula is C12H11BrFN3O4. The Morgan fingerprint density at radius 3 is 2.48 bits per heavy atom. The third-order valence-electron chi connectivity index (χ3n) is 3.05. The van der Waals surface area contributed by atoms with Crippen molar-refractivity contribution in [2.45, 2.75) is 10.7 Å². The van der Waals surface area contributed by atoms with Crippen LogP contribution in [-0.2, 0) is 4.79 Å². The van der Waals surface area contributed by atoms with Crippen molar-refractivity contribution in [3.05, 3.63) is 29.8 Å². The fourth-order valence-corrected chi connectivity index (χ4v) is 2.41. The number of imide groups is 1. The number of benzene rings is 1. The van der Waals surface area contributed by atoms with Crippen molar-refractivity contribution >= 4 is 39.5 Å². The van der Waals surface area contributed by atoms with E-state index in [9.17, 15) is 18.8 Å². The highest BCUT2D eigenvalue weighted by molar-refractivity contribution is 9.10. The molecule has 1 heterocycles. The molecule has 2 atom stereocenters. The number of urea groups is 1. The van der Waals surface area contributed by atoms with E-state index in [1.165, 1.54) is 36.2 Å². The molecule has 9 heteroatoms. The van der Waals surface area contributed by atoms with Crippen LogP contribution >= 0.6 is 15.9 Å². The number of alkyl halides is 2. The van der Waals surface area contributed by atoms with Gasteiger partial charge in [-0.2, -0.15) is 0 Å². The number of nitrogens with zero attached hydrogens (tertiary/aromatic N) is 1. The highest BCUT2D eigenvalue weighted by atomic mass is 79.9. The van der Waals surface area contributed by atoms with E-state index >= 15 is 0 Å². The van der Waals surface area contributed by atoms with E-state index in [-0.39, 0.29) is 5.56 Å². The summed E-state index contributed by atoms with van der Waals surface area (Å²) < 4.78 is 11.9. The van der Waals surface area contributed by atoms with E-state index < -0.39 is 28.7 Å². The molecule has 0 bridgehead atoms. The van der Waals surface area contributed by atoms with Gasteiger partial charge in [0, 0.05) is 12.7 Å². The van der Waals surface area contributed by atoms with Crippen LogP contribution in [0.1, 0.15) is 10.4 Å². The van der Waals surface area contributed by atoms with Crippen LogP contribution in [0.15, 0.2) is 24.3 Å². The molecule has 7 nitrogen and oxygen atoms in total. The van der Waals surface area contributed by atoms with Crippen LogP contribution in [-0.4, -0.2) is 40.8 Å². The molecule has 0 aromatic heterocycles. The van der Waals surface area contributed by atoms with Gasteiger partial charge in [0.2, 0.25) is 0 Å². The number of nitrogens with one attached hydrogen (secondary N) is 2. The minimum atomic E-state index is -2.51. The number of carbonyl (C=O) groups is 3. The van der Waals surface area contributed by atoms with Crippen molar-refractivity contribution in [2.24, 2.45) is 0 Å². The first kappa shape index (κ1) is 15.2. The fourth-order valence-electron chi connectivity index (χ4n) is 1.89. The molecule has 1 fully saturated rings. The Balaban J connectivity index is 2.29. The number of amides is 3. The summed E-state index contributed by atoms with van der Waals surface area (Å²) in [6.45, 7) is 0. The molecule has 0 saturated carbocycles. The number of hydrogen-bond donors (Lipinski definition) is 3. The largest absolute Gasteiger partial charge is 0.478 e. The molecule has 2 unspecified atom stereocenters. The molecule has 1 aliphatic heterocycles. The number of halogens is 2. The fraction of sp³-hybridized carbons (Fsp3) is 0.250. The first-order valence-corrected chi connectivity index (χ1v) is 6.58. The minimum Gasteiger partial charge on any atom is -0.478 e. The zero-order valence-corrected chi connectivity index (χ0v) is 12.3. The zero-order valence-electron chi connectivity index (χ0n) is 10.8. The maximum absolute atomic E-state index is 14.4. The van der Waals surface area contributed by atoms with E-state index in [1.807, 2.05) is 5.32 Å². The van der Waals surface area contributed by atoms with Crippen LogP contribution in [0.5, 0.6) is 0 Å². The van der Waals surface area contributed by atoms with Crippen molar-refractivity contribution in [3.63, 3.8) is 0 Å². The Kier molecular flexibility index (Phi) is 3.86. The first-order valence-electron chi connectivity index (χ1n) is 5.79. The smallest absolute Gasteiger partial charge is 0.335 e. The molecule has 3 N–H and O–H groups in total. The number of hydrogen-bond acceptors (Lipinski definition) is 4. The van der Waals surface area contributed by atoms with Gasteiger partial charge in [-0.1, -0.05) is 0 Å². The molecule has 112 valence electrons. The van der Waals surface area contributed by atoms with E-state index in [2.05, 4.69) is 21.2 Å². The van der Waals surface area contributed by atoms with Gasteiger partial charge in [0.25, 0.3) is 10.5 Å². The SMILES string of the molecule is CN(c1ccc(C(=O)O)cc1)C1NC(=O)NC(=O)C1(F)Br. The third kappa shape index (κ3) is 2.82. The maximum Gasteiger partial charge on any atom is 0.335 e. The highest BCUT2D eigenvalue weighted by Gasteiger charge is 2.51. The molecule has 1 aromatic carbocycles. The summed E-state index contributed by atoms with van der Waals surface area (Å²) in [6, 6.07) is 4.77. The molecule has 1 aliphatic rings. The monoisotopic (exact) mass is 359 g/mol. The number of rotatable bonds is 3. The lowest BCUT2D eigenvalue weighted by Gasteiger charge is -2.39. The lowest BCUT2D eigenvalue weighted by molar-refractivity contribution is -0.128. The Hall–Kier alpha value is -2.16. The van der Waals surface area contributed by atoms with Gasteiger partial charge in [0.15, 0.2) is 6.17 Å². The van der Waals surface area contributed by atoms with Gasteiger partial charge >= 0.3 is 12.0 Å². The Bertz CT molecular complexity index is 605. The van der Waals surface area contributed by atoms with Gasteiger partial charge in [0.05, 0.1) is 5.56 Å². The Labute approximate surface area is 127 Å². The molecule has 0 aliphatic carbocycles. The third-order valence-corrected chi connectivity index (χ3v) is 3.84. The number of aromatic carboxylic acids is 1. The Morgan fingerprint density at radius 2 is 1.95 bits per heavy atom. The quantitative estimate of drug-likeness (QED) is 0.700. The minimum absolute atomic E-state index is 0.0722. The molecule has 3 amide bonds. The maximum atomic E-state index is 14.4. The van der Waals surface area contributed by atoms with Gasteiger partial charge in [-0.05, 0) is 40.2 Å². The lowest BCUT2D eigenvalue weighted by atomic mass is 10.1. The average Bonchev–Trinajstić information content (AvgIpc) is 2.42. The van der Waals surface area contributed by atoms with Crippen LogP contribution in [0.2, 0.25) is 0 Å². The number of carbonyl (C=O) groups excluding carboxylic acids is 2. The second kappa shape index (κ2) is 5.32. The molecule has 2 rings (SSSR count). The van der Waals surface area contributed by atoms with Gasteiger partial charge in [0.1, 0.15) is 0 Å². The standard InChI is InChI=1S/C12H11BrFN3O4/c1-17(7-4-2-6(3-5-7)8(18)19)9-12(13,14)10(20)16-11(21)15-9/h2-5,9H,1H3,(H,18,19)(H2,15,16,20,21). The predicted molar refractivity (Wildman–Crippen MR) is 75.0 cm³/mol. The molecular weight excluding hydrogens is 349 g/mol. The number of anilines is 1. The van der Waals surface area contributed by atoms with Crippen molar-refractivity contribution in [1.29, 1.82) is 0 Å². The van der Waals surface area contributed by atoms with Gasteiger partial charge < -0.3 is 15.3 Å². The van der Waals surface area contributed by atoms with Gasteiger partial charge in [-0.15, -0.1) is 0 Å². The second-order valence-corrected chi connectivity index (χ2v) is 5.57. The predicted octanol–water partition coefficient (Wildman–Crippen LogP) is 1.05. The van der Waals surface area contributed by atoms with E-state index in [0.29, 0.717) is 5.69 Å². The summed E-state index contributed by atoms with van der Waals surface area (Å²) in [4.78, 5) is 34.9. The molecule has 1 aromatic rings. The second-order valence-electron chi connectivity index (χ2n) is 4.42. The van der Waals surface area contributed by atoms with Gasteiger partial charge in [-0.25, -0.2) is 14.0 Å². The summed E-state index contributed by atoms with van der Waals surface area (Å²) in [5, 5.41) is 12.9. The first-order chi connectivity index (χ1) is 9.73. The lowest BCUT2D eigenvalue weighted by Crippen LogP contribution is -2.69. The summed E-state index contributed by atoms with van der Waals surface area (Å²) >= 11 is 2.66. The summed E-state index contributed by atoms with van der Waals surface area (Å²) in [6.07, 6.45) is -1.28. The highest BCUT2D eigenvalue weighted by Crippen LogP contribution is 2.31. The summed E-state index contributed by atoms with van der Waals surface area (Å²) in [5.41, 5.74) is 0.504. The van der Waals surface area contributed by atoms with E-state index in [0.717, 1.165) is 0 Å². The molecule has 1 saturated heterocycles. The van der Waals surface area contributed by atoms with Crippen LogP contribution in [0.4, 0.5) is 14.9 Å². The molecule has 21 heavy (non-hydrogen) atoms. The van der Waals surface area contributed by atoms with Crippen molar-refractivity contribution in [3.8, 4) is 0 Å². The molecule has 0 radical (unpaired) electrons. The average molecular weight is 360 g/mol.